The largest absolute Gasteiger partial charge is 0.372 e. The molecule has 4 rings (SSSR count). The first-order valence-corrected chi connectivity index (χ1v) is 10.1. The lowest BCUT2D eigenvalue weighted by Gasteiger charge is -2.29. The molecule has 5 nitrogen and oxygen atoms in total. The third-order valence-corrected chi connectivity index (χ3v) is 5.96. The molecule has 1 saturated heterocycles. The number of piperidine rings is 1. The number of rotatable bonds is 6. The predicted molar refractivity (Wildman–Crippen MR) is 111 cm³/mol. The summed E-state index contributed by atoms with van der Waals surface area (Å²) in [6.07, 6.45) is 6.02. The van der Waals surface area contributed by atoms with E-state index in [0.29, 0.717) is 11.3 Å². The van der Waals surface area contributed by atoms with Gasteiger partial charge in [0.25, 0.3) is 5.91 Å². The molecular formula is C23H27N3O2. The summed E-state index contributed by atoms with van der Waals surface area (Å²) in [5, 5.41) is 2.99. The van der Waals surface area contributed by atoms with Gasteiger partial charge in [0.1, 0.15) is 0 Å². The Bertz CT molecular complexity index is 869. The standard InChI is InChI=1S/C23H27N3O2/c24-21(27)19-15-18(26-13-5-2-6-14-26)9-10-20(19)25-22(28)23(11-12-23)16-17-7-3-1-4-8-17/h1,3-4,7-10,15H,2,5-6,11-14,16H2,(H2,24,27)(H,25,28). The third-order valence-electron chi connectivity index (χ3n) is 5.96. The molecule has 146 valence electrons. The molecule has 0 bridgehead atoms. The second-order valence-corrected chi connectivity index (χ2v) is 8.04. The van der Waals surface area contributed by atoms with Gasteiger partial charge in [-0.1, -0.05) is 30.3 Å². The van der Waals surface area contributed by atoms with Crippen molar-refractivity contribution in [2.75, 3.05) is 23.3 Å². The van der Waals surface area contributed by atoms with E-state index in [1.807, 2.05) is 36.4 Å². The van der Waals surface area contributed by atoms with Crippen LogP contribution in [0.5, 0.6) is 0 Å². The van der Waals surface area contributed by atoms with Gasteiger partial charge in [0.05, 0.1) is 16.7 Å². The zero-order valence-electron chi connectivity index (χ0n) is 16.1. The monoisotopic (exact) mass is 377 g/mol. The molecule has 2 amide bonds. The predicted octanol–water partition coefficient (Wildman–Crippen LogP) is 3.74. The summed E-state index contributed by atoms with van der Waals surface area (Å²) in [6, 6.07) is 15.7. The summed E-state index contributed by atoms with van der Waals surface area (Å²) in [7, 11) is 0. The van der Waals surface area contributed by atoms with Crippen LogP contribution >= 0.6 is 0 Å². The second kappa shape index (κ2) is 7.66. The number of nitrogens with zero attached hydrogens (tertiary/aromatic N) is 1. The number of carbonyl (C=O) groups excluding carboxylic acids is 2. The average Bonchev–Trinajstić information content (AvgIpc) is 3.50. The van der Waals surface area contributed by atoms with E-state index in [9.17, 15) is 9.59 Å². The highest BCUT2D eigenvalue weighted by Gasteiger charge is 2.49. The van der Waals surface area contributed by atoms with Gasteiger partial charge in [0.2, 0.25) is 5.91 Å². The van der Waals surface area contributed by atoms with E-state index < -0.39 is 5.91 Å². The van der Waals surface area contributed by atoms with E-state index in [-0.39, 0.29) is 11.3 Å². The highest BCUT2D eigenvalue weighted by molar-refractivity contribution is 6.05. The molecule has 0 spiro atoms. The number of anilines is 2. The fraction of sp³-hybridized carbons (Fsp3) is 0.391. The lowest BCUT2D eigenvalue weighted by atomic mass is 9.95. The number of benzene rings is 2. The summed E-state index contributed by atoms with van der Waals surface area (Å²) in [4.78, 5) is 27.3. The van der Waals surface area contributed by atoms with Crippen LogP contribution in [0.25, 0.3) is 0 Å². The SMILES string of the molecule is NC(=O)c1cc(N2CCCCC2)ccc1NC(=O)C1(Cc2ccccc2)CC1. The topological polar surface area (TPSA) is 75.4 Å². The molecule has 1 saturated carbocycles. The van der Waals surface area contributed by atoms with Gasteiger partial charge in [-0.3, -0.25) is 9.59 Å². The fourth-order valence-electron chi connectivity index (χ4n) is 4.07. The van der Waals surface area contributed by atoms with Gasteiger partial charge in [-0.25, -0.2) is 0 Å². The smallest absolute Gasteiger partial charge is 0.250 e. The quantitative estimate of drug-likeness (QED) is 0.805. The minimum Gasteiger partial charge on any atom is -0.372 e. The summed E-state index contributed by atoms with van der Waals surface area (Å²) in [5.74, 6) is -0.536. The van der Waals surface area contributed by atoms with Crippen molar-refractivity contribution in [3.63, 3.8) is 0 Å². The van der Waals surface area contributed by atoms with Crippen LogP contribution in [0.15, 0.2) is 48.5 Å². The van der Waals surface area contributed by atoms with E-state index in [0.717, 1.165) is 56.4 Å². The van der Waals surface area contributed by atoms with Crippen molar-refractivity contribution < 1.29 is 9.59 Å². The van der Waals surface area contributed by atoms with Gasteiger partial charge in [-0.2, -0.15) is 0 Å². The Balaban J connectivity index is 1.52. The molecular weight excluding hydrogens is 350 g/mol. The Hall–Kier alpha value is -2.82. The van der Waals surface area contributed by atoms with Crippen molar-refractivity contribution in [2.24, 2.45) is 11.1 Å². The number of nitrogens with one attached hydrogen (secondary N) is 1. The Morgan fingerprint density at radius 3 is 2.36 bits per heavy atom. The minimum atomic E-state index is -0.512. The Labute approximate surface area is 165 Å². The normalized spacial score (nSPS) is 17.8. The molecule has 0 radical (unpaired) electrons. The first-order chi connectivity index (χ1) is 13.6. The highest BCUT2D eigenvalue weighted by Crippen LogP contribution is 2.49. The first kappa shape index (κ1) is 18.5. The summed E-state index contributed by atoms with van der Waals surface area (Å²) in [6.45, 7) is 1.98. The summed E-state index contributed by atoms with van der Waals surface area (Å²) >= 11 is 0. The van der Waals surface area contributed by atoms with Gasteiger partial charge in [-0.15, -0.1) is 0 Å². The zero-order chi connectivity index (χ0) is 19.6. The second-order valence-electron chi connectivity index (χ2n) is 8.04. The van der Waals surface area contributed by atoms with Crippen LogP contribution in [0.2, 0.25) is 0 Å². The summed E-state index contributed by atoms with van der Waals surface area (Å²) in [5.41, 5.74) is 8.30. The van der Waals surface area contributed by atoms with E-state index >= 15 is 0 Å². The number of amides is 2. The molecule has 3 N–H and O–H groups in total. The molecule has 2 fully saturated rings. The first-order valence-electron chi connectivity index (χ1n) is 10.1. The van der Waals surface area contributed by atoms with Crippen molar-refractivity contribution in [3.8, 4) is 0 Å². The maximum absolute atomic E-state index is 13.0. The molecule has 1 aliphatic heterocycles. The van der Waals surface area contributed by atoms with Crippen molar-refractivity contribution >= 4 is 23.2 Å². The molecule has 0 atom stereocenters. The molecule has 2 aromatic carbocycles. The Morgan fingerprint density at radius 1 is 1.00 bits per heavy atom. The third kappa shape index (κ3) is 3.88. The van der Waals surface area contributed by atoms with Crippen molar-refractivity contribution in [2.45, 2.75) is 38.5 Å². The van der Waals surface area contributed by atoms with Crippen LogP contribution < -0.4 is 16.0 Å². The van der Waals surface area contributed by atoms with Gasteiger partial charge >= 0.3 is 0 Å². The van der Waals surface area contributed by atoms with E-state index in [1.54, 1.807) is 0 Å². The van der Waals surface area contributed by atoms with Gasteiger partial charge < -0.3 is 16.0 Å². The average molecular weight is 377 g/mol. The minimum absolute atomic E-state index is 0.0235. The number of hydrogen-bond donors (Lipinski definition) is 2. The van der Waals surface area contributed by atoms with Crippen LogP contribution in [0.4, 0.5) is 11.4 Å². The zero-order valence-corrected chi connectivity index (χ0v) is 16.1. The fourth-order valence-corrected chi connectivity index (χ4v) is 4.07. The molecule has 1 heterocycles. The van der Waals surface area contributed by atoms with E-state index in [4.69, 9.17) is 5.73 Å². The van der Waals surface area contributed by atoms with Gasteiger partial charge in [0, 0.05) is 18.8 Å². The highest BCUT2D eigenvalue weighted by atomic mass is 16.2. The Kier molecular flexibility index (Phi) is 5.07. The van der Waals surface area contributed by atoms with Crippen LogP contribution in [-0.4, -0.2) is 24.9 Å². The van der Waals surface area contributed by atoms with Crippen molar-refractivity contribution in [1.82, 2.24) is 0 Å². The van der Waals surface area contributed by atoms with Crippen molar-refractivity contribution in [3.05, 3.63) is 59.7 Å². The molecule has 2 aromatic rings. The van der Waals surface area contributed by atoms with Crippen LogP contribution in [-0.2, 0) is 11.2 Å². The number of nitrogens with two attached hydrogens (primary N) is 1. The van der Waals surface area contributed by atoms with Crippen LogP contribution in [0.3, 0.4) is 0 Å². The van der Waals surface area contributed by atoms with E-state index in [2.05, 4.69) is 22.3 Å². The molecule has 5 heteroatoms. The van der Waals surface area contributed by atoms with Crippen molar-refractivity contribution in [1.29, 1.82) is 0 Å². The lowest BCUT2D eigenvalue weighted by Crippen LogP contribution is -2.30. The molecule has 0 unspecified atom stereocenters. The maximum Gasteiger partial charge on any atom is 0.250 e. The molecule has 0 aromatic heterocycles. The molecule has 28 heavy (non-hydrogen) atoms. The van der Waals surface area contributed by atoms with E-state index in [1.165, 1.54) is 6.42 Å². The number of hydrogen-bond acceptors (Lipinski definition) is 3. The van der Waals surface area contributed by atoms with Gasteiger partial charge in [-0.05, 0) is 62.3 Å². The van der Waals surface area contributed by atoms with Crippen LogP contribution in [0, 0.1) is 5.41 Å². The maximum atomic E-state index is 13.0. The number of carbonyl (C=O) groups is 2. The molecule has 1 aliphatic carbocycles. The number of primary amides is 1. The molecule has 2 aliphatic rings. The Morgan fingerprint density at radius 2 is 1.71 bits per heavy atom. The van der Waals surface area contributed by atoms with Gasteiger partial charge in [0.15, 0.2) is 0 Å². The lowest BCUT2D eigenvalue weighted by molar-refractivity contribution is -0.121. The van der Waals surface area contributed by atoms with Crippen LogP contribution in [0.1, 0.15) is 48.0 Å². The summed E-state index contributed by atoms with van der Waals surface area (Å²) < 4.78 is 0.